The third-order valence-electron chi connectivity index (χ3n) is 5.00. The Balaban J connectivity index is 1.52. The van der Waals surface area contributed by atoms with Crippen LogP contribution in [0.1, 0.15) is 51.2 Å². The lowest BCUT2D eigenvalue weighted by Crippen LogP contribution is -2.35. The second kappa shape index (κ2) is 8.47. The van der Waals surface area contributed by atoms with Crippen LogP contribution >= 0.6 is 15.9 Å². The van der Waals surface area contributed by atoms with Gasteiger partial charge in [-0.2, -0.15) is 0 Å². The molecule has 4 heteroatoms. The fourth-order valence-corrected chi connectivity index (χ4v) is 3.91. The molecule has 0 aliphatic carbocycles. The monoisotopic (exact) mass is 429 g/mol. The fourth-order valence-electron chi connectivity index (χ4n) is 3.42. The van der Waals surface area contributed by atoms with Gasteiger partial charge in [0.25, 0.3) is 0 Å². The number of ether oxygens (including phenoxy) is 1. The van der Waals surface area contributed by atoms with Crippen LogP contribution in [0.25, 0.3) is 0 Å². The molecule has 0 aromatic heterocycles. The molecule has 27 heavy (non-hydrogen) atoms. The van der Waals surface area contributed by atoms with Gasteiger partial charge in [0, 0.05) is 18.7 Å². The van der Waals surface area contributed by atoms with E-state index in [-0.39, 0.29) is 11.3 Å². The summed E-state index contributed by atoms with van der Waals surface area (Å²) < 4.78 is 6.86. The summed E-state index contributed by atoms with van der Waals surface area (Å²) in [6.07, 6.45) is 3.31. The van der Waals surface area contributed by atoms with Crippen molar-refractivity contribution in [3.63, 3.8) is 0 Å². The van der Waals surface area contributed by atoms with E-state index in [0.717, 1.165) is 35.3 Å². The largest absolute Gasteiger partial charge is 0.492 e. The lowest BCUT2D eigenvalue weighted by molar-refractivity contribution is -0.118. The minimum absolute atomic E-state index is 0.109. The molecule has 1 amide bonds. The minimum Gasteiger partial charge on any atom is -0.492 e. The van der Waals surface area contributed by atoms with Crippen molar-refractivity contribution in [3.05, 3.63) is 58.1 Å². The average Bonchev–Trinajstić information content (AvgIpc) is 2.64. The highest BCUT2D eigenvalue weighted by Crippen LogP contribution is 2.32. The molecule has 144 valence electrons. The third-order valence-corrected chi connectivity index (χ3v) is 5.62. The zero-order valence-electron chi connectivity index (χ0n) is 16.4. The van der Waals surface area contributed by atoms with Gasteiger partial charge < -0.3 is 9.64 Å². The van der Waals surface area contributed by atoms with Crippen molar-refractivity contribution >= 4 is 27.5 Å². The molecular weight excluding hydrogens is 402 g/mol. The summed E-state index contributed by atoms with van der Waals surface area (Å²) in [6, 6.07) is 14.5. The van der Waals surface area contributed by atoms with E-state index in [9.17, 15) is 4.79 Å². The molecule has 2 aromatic rings. The van der Waals surface area contributed by atoms with Gasteiger partial charge in [-0.1, -0.05) is 45.0 Å². The van der Waals surface area contributed by atoms with Gasteiger partial charge >= 0.3 is 0 Å². The van der Waals surface area contributed by atoms with Crippen molar-refractivity contribution in [2.45, 2.75) is 51.9 Å². The summed E-state index contributed by atoms with van der Waals surface area (Å²) in [6.45, 7) is 7.93. The van der Waals surface area contributed by atoms with Crippen molar-refractivity contribution in [2.75, 3.05) is 18.1 Å². The van der Waals surface area contributed by atoms with Crippen LogP contribution in [0.2, 0.25) is 0 Å². The fraction of sp³-hybridized carbons (Fsp3) is 0.435. The smallest absolute Gasteiger partial charge is 0.227 e. The molecular formula is C23H28BrNO2. The van der Waals surface area contributed by atoms with Gasteiger partial charge in [-0.15, -0.1) is 0 Å². The predicted octanol–water partition coefficient (Wildman–Crippen LogP) is 5.89. The number of carbonyl (C=O) groups is 1. The first-order valence-electron chi connectivity index (χ1n) is 9.67. The molecule has 2 aromatic carbocycles. The summed E-state index contributed by atoms with van der Waals surface area (Å²) >= 11 is 3.60. The highest BCUT2D eigenvalue weighted by atomic mass is 79.9. The number of para-hydroxylation sites is 1. The maximum atomic E-state index is 12.7. The first kappa shape index (κ1) is 19.9. The number of hydrogen-bond donors (Lipinski definition) is 0. The first-order chi connectivity index (χ1) is 12.9. The average molecular weight is 430 g/mol. The van der Waals surface area contributed by atoms with E-state index < -0.39 is 0 Å². The summed E-state index contributed by atoms with van der Waals surface area (Å²) in [5.74, 6) is 1.02. The van der Waals surface area contributed by atoms with Crippen molar-refractivity contribution in [1.29, 1.82) is 0 Å². The van der Waals surface area contributed by atoms with Crippen LogP contribution in [0.15, 0.2) is 46.9 Å². The molecule has 0 atom stereocenters. The molecule has 0 bridgehead atoms. The minimum atomic E-state index is 0.109. The molecule has 0 saturated heterocycles. The van der Waals surface area contributed by atoms with Crippen molar-refractivity contribution in [1.82, 2.24) is 0 Å². The Labute approximate surface area is 170 Å². The number of benzene rings is 2. The Morgan fingerprint density at radius 1 is 1.19 bits per heavy atom. The number of halogens is 1. The molecule has 1 heterocycles. The summed E-state index contributed by atoms with van der Waals surface area (Å²) in [4.78, 5) is 14.6. The van der Waals surface area contributed by atoms with Gasteiger partial charge in [-0.3, -0.25) is 4.79 Å². The second-order valence-corrected chi connectivity index (χ2v) is 8.98. The number of carbonyl (C=O) groups excluding carboxylic acids is 1. The van der Waals surface area contributed by atoms with Crippen molar-refractivity contribution in [3.8, 4) is 5.75 Å². The Morgan fingerprint density at radius 3 is 2.70 bits per heavy atom. The van der Waals surface area contributed by atoms with Gasteiger partial charge in [0.1, 0.15) is 5.75 Å². The van der Waals surface area contributed by atoms with Gasteiger partial charge in [0.05, 0.1) is 11.1 Å². The van der Waals surface area contributed by atoms with Crippen molar-refractivity contribution in [2.24, 2.45) is 0 Å². The zero-order valence-corrected chi connectivity index (χ0v) is 18.0. The van der Waals surface area contributed by atoms with Crippen LogP contribution < -0.4 is 9.64 Å². The number of amides is 1. The van der Waals surface area contributed by atoms with Crippen LogP contribution in [0.4, 0.5) is 5.69 Å². The van der Waals surface area contributed by atoms with Crippen LogP contribution in [0.3, 0.4) is 0 Å². The topological polar surface area (TPSA) is 29.5 Å². The molecule has 0 fully saturated rings. The third kappa shape index (κ3) is 4.92. The maximum Gasteiger partial charge on any atom is 0.227 e. The number of fused-ring (bicyclic) bond motifs is 1. The van der Waals surface area contributed by atoms with E-state index in [0.29, 0.717) is 19.4 Å². The van der Waals surface area contributed by atoms with Gasteiger partial charge in [-0.05, 0) is 69.9 Å². The Bertz CT molecular complexity index is 810. The van der Waals surface area contributed by atoms with E-state index in [2.05, 4.69) is 61.0 Å². The number of aryl methyl sites for hydroxylation is 1. The van der Waals surface area contributed by atoms with Crippen LogP contribution in [0.5, 0.6) is 5.75 Å². The molecule has 1 aliphatic rings. The van der Waals surface area contributed by atoms with Gasteiger partial charge in [0.2, 0.25) is 5.91 Å². The number of rotatable bonds is 5. The van der Waals surface area contributed by atoms with Crippen molar-refractivity contribution < 1.29 is 9.53 Å². The molecule has 1 aliphatic heterocycles. The highest BCUT2D eigenvalue weighted by Gasteiger charge is 2.21. The molecule has 0 unspecified atom stereocenters. The second-order valence-electron chi connectivity index (χ2n) is 8.12. The predicted molar refractivity (Wildman–Crippen MR) is 115 cm³/mol. The Hall–Kier alpha value is -1.81. The van der Waals surface area contributed by atoms with E-state index in [1.54, 1.807) is 0 Å². The number of nitrogens with zero attached hydrogens (tertiary/aromatic N) is 1. The van der Waals surface area contributed by atoms with E-state index >= 15 is 0 Å². The summed E-state index contributed by atoms with van der Waals surface area (Å²) in [5, 5.41) is 0. The molecule has 0 radical (unpaired) electrons. The maximum absolute atomic E-state index is 12.7. The molecule has 3 rings (SSSR count). The van der Waals surface area contributed by atoms with Gasteiger partial charge in [0.15, 0.2) is 0 Å². The molecule has 0 spiro atoms. The summed E-state index contributed by atoms with van der Waals surface area (Å²) in [5.41, 5.74) is 3.73. The van der Waals surface area contributed by atoms with Crippen LogP contribution in [-0.4, -0.2) is 19.1 Å². The first-order valence-corrected chi connectivity index (χ1v) is 10.5. The van der Waals surface area contributed by atoms with Gasteiger partial charge in [-0.25, -0.2) is 0 Å². The van der Waals surface area contributed by atoms with E-state index in [4.69, 9.17) is 4.74 Å². The SMILES string of the molecule is CC(C)(C)c1ccc(OCCCC(=O)N2CCCc3ccccc32)c(Br)c1. The van der Waals surface area contributed by atoms with Crippen LogP contribution in [0, 0.1) is 0 Å². The number of anilines is 1. The Kier molecular flexibility index (Phi) is 6.25. The zero-order chi connectivity index (χ0) is 19.4. The van der Waals surface area contributed by atoms with E-state index in [1.165, 1.54) is 11.1 Å². The lowest BCUT2D eigenvalue weighted by Gasteiger charge is -2.29. The van der Waals surface area contributed by atoms with Crippen LogP contribution in [-0.2, 0) is 16.6 Å². The quantitative estimate of drug-likeness (QED) is 0.554. The molecule has 3 nitrogen and oxygen atoms in total. The summed E-state index contributed by atoms with van der Waals surface area (Å²) in [7, 11) is 0. The number of hydrogen-bond acceptors (Lipinski definition) is 2. The molecule has 0 saturated carbocycles. The Morgan fingerprint density at radius 2 is 1.96 bits per heavy atom. The van der Waals surface area contributed by atoms with E-state index in [1.807, 2.05) is 23.1 Å². The normalized spacial score (nSPS) is 14.0. The highest BCUT2D eigenvalue weighted by molar-refractivity contribution is 9.10. The standard InChI is InChI=1S/C23H28BrNO2/c1-23(2,3)18-12-13-21(19(24)16-18)27-15-7-11-22(26)25-14-6-9-17-8-4-5-10-20(17)25/h4-5,8,10,12-13,16H,6-7,9,11,14-15H2,1-3H3. The lowest BCUT2D eigenvalue weighted by atomic mass is 9.87. The molecule has 0 N–H and O–H groups in total.